The number of benzene rings is 2. The summed E-state index contributed by atoms with van der Waals surface area (Å²) in [4.78, 5) is 25.5. The van der Waals surface area contributed by atoms with Gasteiger partial charge in [-0.25, -0.2) is 0 Å². The average molecular weight is 352 g/mol. The van der Waals surface area contributed by atoms with Crippen LogP contribution < -0.4 is 15.0 Å². The number of hydrogen-bond acceptors (Lipinski definition) is 4. The Bertz CT molecular complexity index is 752. The molecule has 1 saturated heterocycles. The summed E-state index contributed by atoms with van der Waals surface area (Å²) in [7, 11) is 0. The van der Waals surface area contributed by atoms with Crippen LogP contribution in [0.1, 0.15) is 36.5 Å². The van der Waals surface area contributed by atoms with Gasteiger partial charge >= 0.3 is 0 Å². The number of rotatable bonds is 6. The lowest BCUT2D eigenvalue weighted by atomic mass is 10.1. The highest BCUT2D eigenvalue weighted by Crippen LogP contribution is 2.22. The number of nitrogens with zero attached hydrogens (tertiary/aromatic N) is 1. The first-order chi connectivity index (χ1) is 12.7. The zero-order valence-corrected chi connectivity index (χ0v) is 15.0. The third-order valence-corrected chi connectivity index (χ3v) is 4.53. The second kappa shape index (κ2) is 8.52. The maximum absolute atomic E-state index is 12.3. The SMILES string of the molecule is C[C@H](Oc1cccc(C=O)c1)C(=O)Nc1ccc(N2CCCCC2)cc1. The minimum Gasteiger partial charge on any atom is -0.481 e. The first kappa shape index (κ1) is 18.0. The highest BCUT2D eigenvalue weighted by atomic mass is 16.5. The molecule has 2 aromatic carbocycles. The Labute approximate surface area is 154 Å². The van der Waals surface area contributed by atoms with Crippen molar-refractivity contribution in [2.24, 2.45) is 0 Å². The van der Waals surface area contributed by atoms with E-state index >= 15 is 0 Å². The van der Waals surface area contributed by atoms with Crippen LogP contribution in [-0.4, -0.2) is 31.4 Å². The number of piperidine rings is 1. The molecule has 0 saturated carbocycles. The topological polar surface area (TPSA) is 58.6 Å². The van der Waals surface area contributed by atoms with Crippen molar-refractivity contribution in [2.75, 3.05) is 23.3 Å². The van der Waals surface area contributed by atoms with Crippen molar-refractivity contribution in [2.45, 2.75) is 32.3 Å². The minimum absolute atomic E-state index is 0.229. The fourth-order valence-electron chi connectivity index (χ4n) is 3.07. The molecule has 1 aliphatic heterocycles. The number of ether oxygens (including phenoxy) is 1. The lowest BCUT2D eigenvalue weighted by molar-refractivity contribution is -0.122. The standard InChI is InChI=1S/C21H24N2O3/c1-16(26-20-7-5-6-17(14-20)15-24)21(25)22-18-8-10-19(11-9-18)23-12-3-2-4-13-23/h5-11,14-16H,2-4,12-13H2,1H3,(H,22,25)/t16-/m0/s1. The second-order valence-electron chi connectivity index (χ2n) is 6.53. The minimum atomic E-state index is -0.668. The predicted octanol–water partition coefficient (Wildman–Crippen LogP) is 3.90. The second-order valence-corrected chi connectivity index (χ2v) is 6.53. The van der Waals surface area contributed by atoms with Gasteiger partial charge in [-0.3, -0.25) is 9.59 Å². The molecule has 1 heterocycles. The van der Waals surface area contributed by atoms with Gasteiger partial charge in [-0.2, -0.15) is 0 Å². The van der Waals surface area contributed by atoms with E-state index in [9.17, 15) is 9.59 Å². The molecule has 3 rings (SSSR count). The molecular formula is C21H24N2O3. The number of aldehydes is 1. The summed E-state index contributed by atoms with van der Waals surface area (Å²) >= 11 is 0. The third-order valence-electron chi connectivity index (χ3n) is 4.53. The smallest absolute Gasteiger partial charge is 0.265 e. The Morgan fingerprint density at radius 1 is 1.12 bits per heavy atom. The van der Waals surface area contributed by atoms with E-state index in [2.05, 4.69) is 10.2 Å². The van der Waals surface area contributed by atoms with Crippen LogP contribution in [0, 0.1) is 0 Å². The van der Waals surface area contributed by atoms with Crippen molar-refractivity contribution >= 4 is 23.6 Å². The summed E-state index contributed by atoms with van der Waals surface area (Å²) in [6.07, 6.45) is 3.86. The Morgan fingerprint density at radius 3 is 2.54 bits per heavy atom. The molecule has 1 N–H and O–H groups in total. The molecule has 26 heavy (non-hydrogen) atoms. The quantitative estimate of drug-likeness (QED) is 0.801. The molecule has 2 aromatic rings. The number of anilines is 2. The van der Waals surface area contributed by atoms with Gasteiger partial charge in [0.15, 0.2) is 6.10 Å². The van der Waals surface area contributed by atoms with Crippen LogP contribution in [0.25, 0.3) is 0 Å². The van der Waals surface area contributed by atoms with Gasteiger partial charge in [0, 0.05) is 30.0 Å². The molecule has 1 amide bonds. The van der Waals surface area contributed by atoms with E-state index in [1.165, 1.54) is 24.9 Å². The number of carbonyl (C=O) groups is 2. The number of amides is 1. The lowest BCUT2D eigenvalue weighted by Gasteiger charge is -2.28. The van der Waals surface area contributed by atoms with Crippen molar-refractivity contribution in [3.05, 3.63) is 54.1 Å². The molecule has 0 aromatic heterocycles. The van der Waals surface area contributed by atoms with Crippen LogP contribution >= 0.6 is 0 Å². The van der Waals surface area contributed by atoms with Gasteiger partial charge in [-0.15, -0.1) is 0 Å². The monoisotopic (exact) mass is 352 g/mol. The Morgan fingerprint density at radius 2 is 1.85 bits per heavy atom. The fourth-order valence-corrected chi connectivity index (χ4v) is 3.07. The molecule has 0 radical (unpaired) electrons. The fraction of sp³-hybridized carbons (Fsp3) is 0.333. The zero-order valence-electron chi connectivity index (χ0n) is 15.0. The van der Waals surface area contributed by atoms with Crippen molar-refractivity contribution in [1.29, 1.82) is 0 Å². The maximum atomic E-state index is 12.3. The summed E-state index contributed by atoms with van der Waals surface area (Å²) in [5, 5.41) is 2.87. The largest absolute Gasteiger partial charge is 0.481 e. The van der Waals surface area contributed by atoms with E-state index in [1.54, 1.807) is 31.2 Å². The molecule has 1 fully saturated rings. The van der Waals surface area contributed by atoms with E-state index in [-0.39, 0.29) is 5.91 Å². The van der Waals surface area contributed by atoms with Crippen LogP contribution in [0.2, 0.25) is 0 Å². The number of carbonyl (C=O) groups excluding carboxylic acids is 2. The van der Waals surface area contributed by atoms with Gasteiger partial charge in [-0.1, -0.05) is 12.1 Å². The molecule has 0 spiro atoms. The first-order valence-electron chi connectivity index (χ1n) is 9.03. The van der Waals surface area contributed by atoms with Crippen LogP contribution in [0.3, 0.4) is 0 Å². The van der Waals surface area contributed by atoms with Gasteiger partial charge in [0.1, 0.15) is 12.0 Å². The molecule has 0 aliphatic carbocycles. The van der Waals surface area contributed by atoms with Crippen LogP contribution in [0.5, 0.6) is 5.75 Å². The zero-order chi connectivity index (χ0) is 18.4. The van der Waals surface area contributed by atoms with Gasteiger partial charge in [-0.05, 0) is 62.6 Å². The lowest BCUT2D eigenvalue weighted by Crippen LogP contribution is -2.30. The molecule has 0 bridgehead atoms. The van der Waals surface area contributed by atoms with E-state index in [4.69, 9.17) is 4.74 Å². The molecule has 1 atom stereocenters. The Balaban J connectivity index is 1.57. The van der Waals surface area contributed by atoms with Crippen LogP contribution in [-0.2, 0) is 4.79 Å². The molecule has 0 unspecified atom stereocenters. The molecule has 5 heteroatoms. The van der Waals surface area contributed by atoms with Gasteiger partial charge in [0.05, 0.1) is 0 Å². The van der Waals surface area contributed by atoms with Crippen LogP contribution in [0.15, 0.2) is 48.5 Å². The van der Waals surface area contributed by atoms with Gasteiger partial charge < -0.3 is 15.0 Å². The molecular weight excluding hydrogens is 328 g/mol. The van der Waals surface area contributed by atoms with Crippen molar-refractivity contribution in [3.63, 3.8) is 0 Å². The highest BCUT2D eigenvalue weighted by molar-refractivity contribution is 5.94. The Hall–Kier alpha value is -2.82. The highest BCUT2D eigenvalue weighted by Gasteiger charge is 2.16. The number of hydrogen-bond donors (Lipinski definition) is 1. The van der Waals surface area contributed by atoms with E-state index < -0.39 is 6.10 Å². The van der Waals surface area contributed by atoms with E-state index in [0.29, 0.717) is 11.3 Å². The van der Waals surface area contributed by atoms with Crippen molar-refractivity contribution in [3.8, 4) is 5.75 Å². The summed E-state index contributed by atoms with van der Waals surface area (Å²) in [6, 6.07) is 14.7. The molecule has 5 nitrogen and oxygen atoms in total. The summed E-state index contributed by atoms with van der Waals surface area (Å²) in [5.74, 6) is 0.268. The van der Waals surface area contributed by atoms with Crippen molar-refractivity contribution < 1.29 is 14.3 Å². The van der Waals surface area contributed by atoms with E-state index in [1.807, 2.05) is 24.3 Å². The molecule has 1 aliphatic rings. The maximum Gasteiger partial charge on any atom is 0.265 e. The third kappa shape index (κ3) is 4.63. The van der Waals surface area contributed by atoms with Crippen LogP contribution in [0.4, 0.5) is 11.4 Å². The predicted molar refractivity (Wildman–Crippen MR) is 103 cm³/mol. The summed E-state index contributed by atoms with van der Waals surface area (Å²) < 4.78 is 5.63. The summed E-state index contributed by atoms with van der Waals surface area (Å²) in [6.45, 7) is 3.87. The van der Waals surface area contributed by atoms with Crippen molar-refractivity contribution in [1.82, 2.24) is 0 Å². The van der Waals surface area contributed by atoms with Gasteiger partial charge in [0.2, 0.25) is 0 Å². The number of nitrogens with one attached hydrogen (secondary N) is 1. The Kier molecular flexibility index (Phi) is 5.89. The van der Waals surface area contributed by atoms with E-state index in [0.717, 1.165) is 25.1 Å². The average Bonchev–Trinajstić information content (AvgIpc) is 2.69. The normalized spacial score (nSPS) is 15.2. The summed E-state index contributed by atoms with van der Waals surface area (Å²) in [5.41, 5.74) is 2.45. The first-order valence-corrected chi connectivity index (χ1v) is 9.03. The molecule has 136 valence electrons. The van der Waals surface area contributed by atoms with Gasteiger partial charge in [0.25, 0.3) is 5.91 Å².